The fourth-order valence-electron chi connectivity index (χ4n) is 4.37. The molecule has 2 N–H and O–H groups in total. The molecule has 3 amide bonds. The number of hydrogen-bond donors (Lipinski definition) is 2. The van der Waals surface area contributed by atoms with Crippen LogP contribution < -0.4 is 10.6 Å². The number of nitrogens with one attached hydrogen (secondary N) is 2. The molecule has 0 heterocycles. The van der Waals surface area contributed by atoms with E-state index in [9.17, 15) is 14.4 Å². The van der Waals surface area contributed by atoms with Crippen LogP contribution in [-0.4, -0.2) is 46.5 Å². The maximum atomic E-state index is 14.3. The molecule has 1 aromatic carbocycles. The van der Waals surface area contributed by atoms with Crippen molar-refractivity contribution >= 4 is 17.9 Å². The lowest BCUT2D eigenvalue weighted by molar-refractivity contribution is -0.143. The van der Waals surface area contributed by atoms with Gasteiger partial charge in [-0.25, -0.2) is 4.79 Å². The van der Waals surface area contributed by atoms with E-state index in [0.29, 0.717) is 13.0 Å². The SMILES string of the molecule is CCCCCN(C(=O)C(CC(C)C)NC(=O)OC(C)(C)C)C(C(=O)NC(C)(C)C)c1c(C)cccc1C. The van der Waals surface area contributed by atoms with Crippen LogP contribution in [0.1, 0.15) is 111 Å². The molecule has 0 radical (unpaired) electrons. The number of alkyl carbamates (subject to hydrolysis) is 1. The van der Waals surface area contributed by atoms with Crippen LogP contribution in [0, 0.1) is 19.8 Å². The van der Waals surface area contributed by atoms with E-state index in [2.05, 4.69) is 17.6 Å². The number of amides is 3. The fraction of sp³-hybridized carbons (Fsp3) is 0.700. The van der Waals surface area contributed by atoms with Crippen LogP contribution in [0.3, 0.4) is 0 Å². The van der Waals surface area contributed by atoms with Crippen molar-refractivity contribution in [1.82, 2.24) is 15.5 Å². The van der Waals surface area contributed by atoms with Gasteiger partial charge in [0.05, 0.1) is 0 Å². The number of aryl methyl sites for hydroxylation is 2. The first-order valence-electron chi connectivity index (χ1n) is 13.6. The highest BCUT2D eigenvalue weighted by atomic mass is 16.6. The van der Waals surface area contributed by atoms with E-state index in [0.717, 1.165) is 36.0 Å². The fourth-order valence-corrected chi connectivity index (χ4v) is 4.37. The Morgan fingerprint density at radius 1 is 0.973 bits per heavy atom. The van der Waals surface area contributed by atoms with Gasteiger partial charge in [0, 0.05) is 12.1 Å². The van der Waals surface area contributed by atoms with Crippen molar-refractivity contribution in [2.24, 2.45) is 5.92 Å². The van der Waals surface area contributed by atoms with Gasteiger partial charge in [-0.1, -0.05) is 51.8 Å². The number of carbonyl (C=O) groups excluding carboxylic acids is 3. The van der Waals surface area contributed by atoms with Gasteiger partial charge in [0.2, 0.25) is 11.8 Å². The average Bonchev–Trinajstić information content (AvgIpc) is 2.70. The molecule has 1 rings (SSSR count). The molecule has 7 nitrogen and oxygen atoms in total. The molecule has 0 bridgehead atoms. The predicted molar refractivity (Wildman–Crippen MR) is 150 cm³/mol. The summed E-state index contributed by atoms with van der Waals surface area (Å²) in [5.74, 6) is -0.355. The van der Waals surface area contributed by atoms with Gasteiger partial charge in [-0.15, -0.1) is 0 Å². The molecule has 2 atom stereocenters. The molecule has 0 fully saturated rings. The van der Waals surface area contributed by atoms with Gasteiger partial charge in [0.15, 0.2) is 0 Å². The second kappa shape index (κ2) is 13.8. The first-order valence-corrected chi connectivity index (χ1v) is 13.6. The van der Waals surface area contributed by atoms with Crippen molar-refractivity contribution in [3.63, 3.8) is 0 Å². The Balaban J connectivity index is 3.63. The quantitative estimate of drug-likeness (QED) is 0.341. The van der Waals surface area contributed by atoms with Crippen molar-refractivity contribution in [3.05, 3.63) is 34.9 Å². The first-order chi connectivity index (χ1) is 17.0. The zero-order valence-electron chi connectivity index (χ0n) is 25.1. The van der Waals surface area contributed by atoms with E-state index in [1.54, 1.807) is 25.7 Å². The summed E-state index contributed by atoms with van der Waals surface area (Å²) in [5.41, 5.74) is 1.56. The van der Waals surface area contributed by atoms with Gasteiger partial charge >= 0.3 is 6.09 Å². The number of ether oxygens (including phenoxy) is 1. The standard InChI is InChI=1S/C30H51N3O4/c1-12-13-14-18-33(27(35)23(19-20(2)3)31-28(36)37-30(9,10)11)25(26(34)32-29(6,7)8)24-21(4)16-15-17-22(24)5/h15-17,20,23,25H,12-14,18-19H2,1-11H3,(H,31,36)(H,32,34). The third-order valence-corrected chi connectivity index (χ3v) is 5.86. The highest BCUT2D eigenvalue weighted by Gasteiger charge is 2.38. The minimum atomic E-state index is -0.820. The van der Waals surface area contributed by atoms with Crippen LogP contribution in [0.5, 0.6) is 0 Å². The van der Waals surface area contributed by atoms with Gasteiger partial charge in [-0.2, -0.15) is 0 Å². The Kier molecular flexibility index (Phi) is 12.1. The second-order valence-electron chi connectivity index (χ2n) is 12.5. The normalized spacial score (nSPS) is 13.6. The zero-order valence-corrected chi connectivity index (χ0v) is 25.1. The summed E-state index contributed by atoms with van der Waals surface area (Å²) in [4.78, 5) is 42.5. The Labute approximate surface area is 225 Å². The lowest BCUT2D eigenvalue weighted by Crippen LogP contribution is -2.55. The molecular weight excluding hydrogens is 466 g/mol. The van der Waals surface area contributed by atoms with Gasteiger partial charge < -0.3 is 20.3 Å². The summed E-state index contributed by atoms with van der Waals surface area (Å²) in [7, 11) is 0. The van der Waals surface area contributed by atoms with Crippen molar-refractivity contribution < 1.29 is 19.1 Å². The molecule has 0 aliphatic heterocycles. The lowest BCUT2D eigenvalue weighted by Gasteiger charge is -2.37. The van der Waals surface area contributed by atoms with Crippen LogP contribution in [0.4, 0.5) is 4.79 Å². The third-order valence-electron chi connectivity index (χ3n) is 5.86. The molecule has 1 aromatic rings. The van der Waals surface area contributed by atoms with E-state index < -0.39 is 29.3 Å². The van der Waals surface area contributed by atoms with Crippen LogP contribution in [-0.2, 0) is 14.3 Å². The molecule has 0 aliphatic carbocycles. The summed E-state index contributed by atoms with van der Waals surface area (Å²) < 4.78 is 5.47. The molecule has 0 saturated carbocycles. The number of carbonyl (C=O) groups is 3. The summed E-state index contributed by atoms with van der Waals surface area (Å²) in [5, 5.41) is 5.92. The van der Waals surface area contributed by atoms with Gasteiger partial charge in [0.25, 0.3) is 0 Å². The molecule has 0 saturated heterocycles. The molecule has 210 valence electrons. The summed E-state index contributed by atoms with van der Waals surface area (Å²) in [6.45, 7) is 21.6. The summed E-state index contributed by atoms with van der Waals surface area (Å²) in [6.07, 6.45) is 2.47. The van der Waals surface area contributed by atoms with Crippen molar-refractivity contribution in [2.75, 3.05) is 6.54 Å². The number of nitrogens with zero attached hydrogens (tertiary/aromatic N) is 1. The summed E-state index contributed by atoms with van der Waals surface area (Å²) in [6, 6.07) is 4.27. The number of unbranched alkanes of at least 4 members (excludes halogenated alkanes) is 2. The zero-order chi connectivity index (χ0) is 28.6. The Morgan fingerprint density at radius 3 is 2.00 bits per heavy atom. The first kappa shape index (κ1) is 32.5. The van der Waals surface area contributed by atoms with E-state index in [1.807, 2.05) is 66.7 Å². The largest absolute Gasteiger partial charge is 0.444 e. The molecule has 7 heteroatoms. The Bertz CT molecular complexity index is 892. The average molecular weight is 518 g/mol. The molecule has 37 heavy (non-hydrogen) atoms. The Morgan fingerprint density at radius 2 is 1.54 bits per heavy atom. The van der Waals surface area contributed by atoms with Crippen LogP contribution in [0.15, 0.2) is 18.2 Å². The predicted octanol–water partition coefficient (Wildman–Crippen LogP) is 6.22. The van der Waals surface area contributed by atoms with Gasteiger partial charge in [0.1, 0.15) is 17.7 Å². The third kappa shape index (κ3) is 11.1. The van der Waals surface area contributed by atoms with Crippen molar-refractivity contribution in [2.45, 2.75) is 125 Å². The maximum Gasteiger partial charge on any atom is 0.408 e. The number of rotatable bonds is 11. The van der Waals surface area contributed by atoms with E-state index in [-0.39, 0.29) is 17.7 Å². The maximum absolute atomic E-state index is 14.3. The smallest absolute Gasteiger partial charge is 0.408 e. The number of hydrogen-bond acceptors (Lipinski definition) is 4. The van der Waals surface area contributed by atoms with Crippen LogP contribution >= 0.6 is 0 Å². The van der Waals surface area contributed by atoms with Gasteiger partial charge in [-0.05, 0) is 90.8 Å². The highest BCUT2D eigenvalue weighted by molar-refractivity contribution is 5.92. The van der Waals surface area contributed by atoms with E-state index in [1.165, 1.54) is 0 Å². The van der Waals surface area contributed by atoms with Crippen LogP contribution in [0.25, 0.3) is 0 Å². The minimum absolute atomic E-state index is 0.142. The molecule has 0 spiro atoms. The lowest BCUT2D eigenvalue weighted by atomic mass is 9.92. The van der Waals surface area contributed by atoms with Crippen molar-refractivity contribution in [3.8, 4) is 0 Å². The van der Waals surface area contributed by atoms with Crippen molar-refractivity contribution in [1.29, 1.82) is 0 Å². The molecule has 2 unspecified atom stereocenters. The highest BCUT2D eigenvalue weighted by Crippen LogP contribution is 2.30. The Hall–Kier alpha value is -2.57. The molecular formula is C30H51N3O4. The van der Waals surface area contributed by atoms with E-state index >= 15 is 0 Å². The topological polar surface area (TPSA) is 87.7 Å². The minimum Gasteiger partial charge on any atom is -0.444 e. The van der Waals surface area contributed by atoms with Gasteiger partial charge in [-0.3, -0.25) is 9.59 Å². The number of benzene rings is 1. The summed E-state index contributed by atoms with van der Waals surface area (Å²) >= 11 is 0. The van der Waals surface area contributed by atoms with Crippen LogP contribution in [0.2, 0.25) is 0 Å². The molecule has 0 aromatic heterocycles. The molecule has 0 aliphatic rings. The monoisotopic (exact) mass is 517 g/mol. The second-order valence-corrected chi connectivity index (χ2v) is 12.5. The van der Waals surface area contributed by atoms with E-state index in [4.69, 9.17) is 4.74 Å².